The number of benzene rings is 1. The summed E-state index contributed by atoms with van der Waals surface area (Å²) in [5.41, 5.74) is -0.212. The van der Waals surface area contributed by atoms with Crippen LogP contribution in [0.25, 0.3) is 0 Å². The van der Waals surface area contributed by atoms with Crippen LogP contribution >= 0.6 is 0 Å². The molecule has 2 aliphatic heterocycles. The second kappa shape index (κ2) is 9.05. The van der Waals surface area contributed by atoms with Crippen LogP contribution in [0.5, 0.6) is 5.75 Å². The lowest BCUT2D eigenvalue weighted by atomic mass is 9.76. The number of likely N-dealkylation sites (tertiary alicyclic amines) is 1. The molecule has 16 heteroatoms. The molecule has 1 spiro atoms. The third kappa shape index (κ3) is 5.43. The van der Waals surface area contributed by atoms with Crippen LogP contribution in [0.1, 0.15) is 24.0 Å². The predicted octanol–water partition coefficient (Wildman–Crippen LogP) is 1.84. The highest BCUT2D eigenvalue weighted by molar-refractivity contribution is 7.88. The van der Waals surface area contributed by atoms with Crippen LogP contribution in [-0.2, 0) is 31.7 Å². The van der Waals surface area contributed by atoms with E-state index in [1.54, 1.807) is 0 Å². The van der Waals surface area contributed by atoms with E-state index < -0.39 is 51.6 Å². The molecule has 196 valence electrons. The molecule has 4 N–H and O–H groups in total. The lowest BCUT2D eigenvalue weighted by Crippen LogP contribution is -2.58. The Morgan fingerprint density at radius 2 is 1.94 bits per heavy atom. The first-order chi connectivity index (χ1) is 16.0. The second-order valence-corrected chi connectivity index (χ2v) is 9.69. The molecule has 0 aromatic heterocycles. The van der Waals surface area contributed by atoms with Crippen molar-refractivity contribution in [2.45, 2.75) is 42.6 Å². The highest BCUT2D eigenvalue weighted by atomic mass is 32.2. The van der Waals surface area contributed by atoms with Crippen molar-refractivity contribution in [1.29, 1.82) is 0 Å². The zero-order valence-electron chi connectivity index (χ0n) is 18.2. The average Bonchev–Trinajstić information content (AvgIpc) is 2.71. The van der Waals surface area contributed by atoms with Crippen molar-refractivity contribution in [3.05, 3.63) is 41.2 Å². The normalized spacial score (nSPS) is 23.7. The lowest BCUT2D eigenvalue weighted by molar-refractivity contribution is -0.194. The fraction of sp³-hybridized carbons (Fsp3) is 0.526. The van der Waals surface area contributed by atoms with E-state index in [9.17, 15) is 39.6 Å². The number of fused-ring (bicyclic) bond motifs is 2. The average molecular weight is 532 g/mol. The van der Waals surface area contributed by atoms with E-state index in [-0.39, 0.29) is 31.6 Å². The first-order valence-corrected chi connectivity index (χ1v) is 11.5. The topological polar surface area (TPSA) is 128 Å². The summed E-state index contributed by atoms with van der Waals surface area (Å²) in [6.07, 6.45) is -4.11. The first kappa shape index (κ1) is 26.9. The van der Waals surface area contributed by atoms with E-state index in [0.29, 0.717) is 16.0 Å². The number of hydrogen-bond acceptors (Lipinski definition) is 8. The number of hydrogen-bond donors (Lipinski definition) is 2. The summed E-state index contributed by atoms with van der Waals surface area (Å²) in [7, 11) is -4.52. The van der Waals surface area contributed by atoms with Crippen molar-refractivity contribution in [2.75, 3.05) is 20.2 Å². The van der Waals surface area contributed by atoms with Gasteiger partial charge in [-0.25, -0.2) is 5.84 Å². The summed E-state index contributed by atoms with van der Waals surface area (Å²) in [6, 6.07) is 2.13. The fourth-order valence-electron chi connectivity index (χ4n) is 4.26. The van der Waals surface area contributed by atoms with Crippen LogP contribution < -0.4 is 15.8 Å². The smallest absolute Gasteiger partial charge is 0.399 e. The lowest BCUT2D eigenvalue weighted by Gasteiger charge is -2.49. The zero-order chi connectivity index (χ0) is 26.4. The molecule has 1 fully saturated rings. The van der Waals surface area contributed by atoms with Crippen molar-refractivity contribution in [1.82, 2.24) is 9.91 Å². The van der Waals surface area contributed by atoms with Crippen LogP contribution in [0.3, 0.4) is 0 Å². The van der Waals surface area contributed by atoms with Gasteiger partial charge in [0.1, 0.15) is 5.75 Å². The Morgan fingerprint density at radius 3 is 2.51 bits per heavy atom. The van der Waals surface area contributed by atoms with E-state index in [1.165, 1.54) is 13.1 Å². The SMILES string of the molecule is CN(N)/C=C(\N)[C@@H]1CC2(CCN1C(=O)C(F)(F)F)OCCc1cc(OS(=O)(=O)C(F)(F)F)ccc12. The number of nitrogens with two attached hydrogens (primary N) is 2. The van der Waals surface area contributed by atoms with Gasteiger partial charge in [-0.1, -0.05) is 6.07 Å². The van der Waals surface area contributed by atoms with Gasteiger partial charge in [0.05, 0.1) is 18.2 Å². The first-order valence-electron chi connectivity index (χ1n) is 10.1. The maximum atomic E-state index is 13.2. The van der Waals surface area contributed by atoms with E-state index in [2.05, 4.69) is 4.18 Å². The van der Waals surface area contributed by atoms with Crippen molar-refractivity contribution in [2.24, 2.45) is 11.6 Å². The summed E-state index contributed by atoms with van der Waals surface area (Å²) in [6.45, 7) is -0.366. The summed E-state index contributed by atoms with van der Waals surface area (Å²) < 4.78 is 110. The van der Waals surface area contributed by atoms with Gasteiger partial charge in [0.2, 0.25) is 0 Å². The highest BCUT2D eigenvalue weighted by Crippen LogP contribution is 2.46. The quantitative estimate of drug-likeness (QED) is 0.198. The van der Waals surface area contributed by atoms with Gasteiger partial charge in [-0.3, -0.25) is 4.79 Å². The van der Waals surface area contributed by atoms with Gasteiger partial charge in [0, 0.05) is 31.9 Å². The molecule has 1 saturated heterocycles. The molecule has 1 unspecified atom stereocenters. The molecular formula is C19H22F6N4O5S. The minimum Gasteiger partial charge on any atom is -0.399 e. The Kier molecular flexibility index (Phi) is 6.95. The molecular weight excluding hydrogens is 510 g/mol. The van der Waals surface area contributed by atoms with Crippen molar-refractivity contribution in [3.63, 3.8) is 0 Å². The Bertz CT molecular complexity index is 1120. The molecule has 2 heterocycles. The molecule has 1 aromatic rings. The Balaban J connectivity index is 1.99. The maximum Gasteiger partial charge on any atom is 0.534 e. The summed E-state index contributed by atoms with van der Waals surface area (Å²) >= 11 is 0. The predicted molar refractivity (Wildman–Crippen MR) is 108 cm³/mol. The highest BCUT2D eigenvalue weighted by Gasteiger charge is 2.52. The molecule has 0 radical (unpaired) electrons. The number of amides is 1. The zero-order valence-corrected chi connectivity index (χ0v) is 19.0. The molecule has 35 heavy (non-hydrogen) atoms. The maximum absolute atomic E-state index is 13.2. The minimum atomic E-state index is -5.90. The number of piperidine rings is 1. The molecule has 2 atom stereocenters. The molecule has 0 bridgehead atoms. The van der Waals surface area contributed by atoms with Crippen LogP contribution in [0.15, 0.2) is 30.1 Å². The molecule has 2 aliphatic rings. The third-order valence-corrected chi connectivity index (χ3v) is 6.68. The van der Waals surface area contributed by atoms with E-state index in [0.717, 1.165) is 23.3 Å². The van der Waals surface area contributed by atoms with Crippen molar-refractivity contribution in [3.8, 4) is 5.75 Å². The number of carbonyl (C=O) groups is 1. The van der Waals surface area contributed by atoms with Crippen LogP contribution in [0.2, 0.25) is 0 Å². The van der Waals surface area contributed by atoms with E-state index >= 15 is 0 Å². The van der Waals surface area contributed by atoms with Gasteiger partial charge in [-0.2, -0.15) is 34.8 Å². The van der Waals surface area contributed by atoms with E-state index in [4.69, 9.17) is 16.3 Å². The Morgan fingerprint density at radius 1 is 1.29 bits per heavy atom. The van der Waals surface area contributed by atoms with Gasteiger partial charge in [0.25, 0.3) is 0 Å². The molecule has 3 rings (SSSR count). The number of ether oxygens (including phenoxy) is 1. The number of alkyl halides is 6. The van der Waals surface area contributed by atoms with Crippen molar-refractivity contribution >= 4 is 16.0 Å². The molecule has 9 nitrogen and oxygen atoms in total. The number of nitrogens with zero attached hydrogens (tertiary/aromatic N) is 2. The fourth-order valence-corrected chi connectivity index (χ4v) is 4.71. The van der Waals surface area contributed by atoms with Gasteiger partial charge < -0.3 is 24.6 Å². The van der Waals surface area contributed by atoms with Gasteiger partial charge in [-0.05, 0) is 36.1 Å². The number of halogens is 6. The van der Waals surface area contributed by atoms with Crippen LogP contribution in [-0.4, -0.2) is 62.2 Å². The van der Waals surface area contributed by atoms with Crippen molar-refractivity contribution < 1.29 is 48.5 Å². The second-order valence-electron chi connectivity index (χ2n) is 8.16. The number of hydrazine groups is 1. The number of rotatable bonds is 4. The Labute approximate surface area is 196 Å². The third-order valence-electron chi connectivity index (χ3n) is 5.70. The number of carbonyl (C=O) groups excluding carboxylic acids is 1. The van der Waals surface area contributed by atoms with Gasteiger partial charge in [-0.15, -0.1) is 0 Å². The summed E-state index contributed by atoms with van der Waals surface area (Å²) in [4.78, 5) is 12.6. The molecule has 1 amide bonds. The molecule has 0 aliphatic carbocycles. The van der Waals surface area contributed by atoms with Gasteiger partial charge >= 0.3 is 27.7 Å². The van der Waals surface area contributed by atoms with Crippen LogP contribution in [0.4, 0.5) is 26.3 Å². The molecule has 0 saturated carbocycles. The summed E-state index contributed by atoms with van der Waals surface area (Å²) in [5, 5.41) is 1.01. The summed E-state index contributed by atoms with van der Waals surface area (Å²) in [5.74, 6) is 2.86. The molecule has 1 aromatic carbocycles. The Hall–Kier alpha value is -2.72. The van der Waals surface area contributed by atoms with E-state index in [1.807, 2.05) is 0 Å². The monoisotopic (exact) mass is 532 g/mol. The van der Waals surface area contributed by atoms with Gasteiger partial charge in [0.15, 0.2) is 0 Å². The van der Waals surface area contributed by atoms with Crippen LogP contribution in [0, 0.1) is 0 Å². The standard InChI is InChI=1S/C19H22F6N4O5S/c1-28(27)10-14(26)15-9-17(5-6-29(15)16(30)18(20,21)22)13-3-2-12(8-11(13)4-7-33-17)34-35(31,32)19(23,24)25/h2-3,8,10,15H,4-7,9,26-27H2,1H3/b14-10-/t15-,17?/m0/s1. The minimum absolute atomic E-state index is 0.0306. The largest absolute Gasteiger partial charge is 0.534 e.